The van der Waals surface area contributed by atoms with Gasteiger partial charge in [-0.1, -0.05) is 11.3 Å². The summed E-state index contributed by atoms with van der Waals surface area (Å²) in [6.45, 7) is 3.64. The largest absolute Gasteiger partial charge is 0.383 e. The van der Waals surface area contributed by atoms with Crippen molar-refractivity contribution in [2.75, 3.05) is 40.5 Å². The van der Waals surface area contributed by atoms with Gasteiger partial charge in [-0.2, -0.15) is 0 Å². The van der Waals surface area contributed by atoms with Crippen molar-refractivity contribution in [2.24, 2.45) is 7.05 Å². The van der Waals surface area contributed by atoms with Gasteiger partial charge in [-0.25, -0.2) is 0 Å². The maximum Gasteiger partial charge on any atom is 0.307 e. The molecule has 0 unspecified atom stereocenters. The van der Waals surface area contributed by atoms with Crippen LogP contribution in [-0.4, -0.2) is 55.9 Å². The van der Waals surface area contributed by atoms with Crippen LogP contribution in [0.25, 0.3) is 0 Å². The molecular formula is C12H20N2O4S. The fourth-order valence-corrected chi connectivity index (χ4v) is 2.53. The van der Waals surface area contributed by atoms with E-state index in [1.54, 1.807) is 33.1 Å². The Kier molecular flexibility index (Phi) is 6.20. The first-order chi connectivity index (χ1) is 9.02. The van der Waals surface area contributed by atoms with Gasteiger partial charge in [0.1, 0.15) is 4.88 Å². The maximum absolute atomic E-state index is 12.4. The van der Waals surface area contributed by atoms with Crippen molar-refractivity contribution in [3.8, 4) is 0 Å². The van der Waals surface area contributed by atoms with E-state index in [4.69, 9.17) is 9.47 Å². The topological polar surface area (TPSA) is 60.8 Å². The zero-order chi connectivity index (χ0) is 14.4. The van der Waals surface area contributed by atoms with Crippen LogP contribution in [0.3, 0.4) is 0 Å². The highest BCUT2D eigenvalue weighted by molar-refractivity contribution is 7.11. The van der Waals surface area contributed by atoms with Crippen molar-refractivity contribution in [3.63, 3.8) is 0 Å². The highest BCUT2D eigenvalue weighted by Gasteiger charge is 2.21. The molecule has 1 aromatic rings. The predicted octanol–water partition coefficient (Wildman–Crippen LogP) is 0.490. The van der Waals surface area contributed by atoms with Crippen LogP contribution in [0.15, 0.2) is 4.79 Å². The zero-order valence-corrected chi connectivity index (χ0v) is 12.6. The Bertz CT molecular complexity index is 473. The first-order valence-corrected chi connectivity index (χ1v) is 6.78. The van der Waals surface area contributed by atoms with Crippen LogP contribution in [0.4, 0.5) is 0 Å². The number of amides is 1. The van der Waals surface area contributed by atoms with E-state index in [1.807, 2.05) is 0 Å². The molecule has 7 heteroatoms. The van der Waals surface area contributed by atoms with Gasteiger partial charge < -0.3 is 18.9 Å². The third-order valence-corrected chi connectivity index (χ3v) is 4.03. The van der Waals surface area contributed by atoms with Crippen LogP contribution < -0.4 is 4.87 Å². The smallest absolute Gasteiger partial charge is 0.307 e. The molecule has 1 heterocycles. The monoisotopic (exact) mass is 288 g/mol. The standard InChI is InChI=1S/C12H20N2O4S/c1-9-10(19-12(16)13(9)2)11(15)14(5-7-17-3)6-8-18-4/h5-8H2,1-4H3. The van der Waals surface area contributed by atoms with Gasteiger partial charge in [-0.15, -0.1) is 0 Å². The summed E-state index contributed by atoms with van der Waals surface area (Å²) in [7, 11) is 4.84. The number of hydrogen-bond acceptors (Lipinski definition) is 5. The Labute approximate surface area is 116 Å². The van der Waals surface area contributed by atoms with E-state index in [-0.39, 0.29) is 10.8 Å². The summed E-state index contributed by atoms with van der Waals surface area (Å²) < 4.78 is 11.5. The third kappa shape index (κ3) is 3.89. The Hall–Kier alpha value is -1.18. The fraction of sp³-hybridized carbons (Fsp3) is 0.667. The predicted molar refractivity (Wildman–Crippen MR) is 74.0 cm³/mol. The Balaban J connectivity index is 2.90. The minimum Gasteiger partial charge on any atom is -0.383 e. The molecular weight excluding hydrogens is 268 g/mol. The van der Waals surface area contributed by atoms with E-state index < -0.39 is 0 Å². The van der Waals surface area contributed by atoms with Gasteiger partial charge in [0.15, 0.2) is 0 Å². The molecule has 1 amide bonds. The molecule has 0 spiro atoms. The summed E-state index contributed by atoms with van der Waals surface area (Å²) in [5.41, 5.74) is 0.694. The Morgan fingerprint density at radius 1 is 1.26 bits per heavy atom. The van der Waals surface area contributed by atoms with Crippen LogP contribution in [0.2, 0.25) is 0 Å². The van der Waals surface area contributed by atoms with Gasteiger partial charge in [0.2, 0.25) is 0 Å². The molecule has 108 valence electrons. The van der Waals surface area contributed by atoms with Crippen LogP contribution in [0.1, 0.15) is 15.4 Å². The van der Waals surface area contributed by atoms with E-state index in [9.17, 15) is 9.59 Å². The number of ether oxygens (including phenoxy) is 2. The Morgan fingerprint density at radius 2 is 1.79 bits per heavy atom. The lowest BCUT2D eigenvalue weighted by atomic mass is 10.3. The number of aromatic nitrogens is 1. The molecule has 0 aliphatic rings. The molecule has 0 saturated carbocycles. The highest BCUT2D eigenvalue weighted by atomic mass is 32.1. The minimum atomic E-state index is -0.144. The van der Waals surface area contributed by atoms with Gasteiger partial charge in [0, 0.05) is 40.1 Å². The average molecular weight is 288 g/mol. The number of methoxy groups -OCH3 is 2. The second kappa shape index (κ2) is 7.42. The number of carbonyl (C=O) groups is 1. The van der Waals surface area contributed by atoms with Crippen molar-refractivity contribution in [1.82, 2.24) is 9.47 Å². The average Bonchev–Trinajstić information content (AvgIpc) is 2.66. The SMILES string of the molecule is COCCN(CCOC)C(=O)c1sc(=O)n(C)c1C. The van der Waals surface area contributed by atoms with Gasteiger partial charge >= 0.3 is 4.87 Å². The summed E-state index contributed by atoms with van der Waals surface area (Å²) in [6.07, 6.45) is 0. The summed E-state index contributed by atoms with van der Waals surface area (Å²) >= 11 is 0.979. The molecule has 1 aromatic heterocycles. The lowest BCUT2D eigenvalue weighted by molar-refractivity contribution is 0.0630. The van der Waals surface area contributed by atoms with E-state index >= 15 is 0 Å². The minimum absolute atomic E-state index is 0.126. The zero-order valence-electron chi connectivity index (χ0n) is 11.8. The second-order valence-electron chi connectivity index (χ2n) is 4.12. The third-order valence-electron chi connectivity index (χ3n) is 2.91. The molecule has 0 fully saturated rings. The second-order valence-corrected chi connectivity index (χ2v) is 5.08. The van der Waals surface area contributed by atoms with Gasteiger partial charge in [0.25, 0.3) is 5.91 Å². The van der Waals surface area contributed by atoms with Crippen molar-refractivity contribution < 1.29 is 14.3 Å². The van der Waals surface area contributed by atoms with E-state index in [1.165, 1.54) is 4.57 Å². The lowest BCUT2D eigenvalue weighted by Crippen LogP contribution is -2.36. The van der Waals surface area contributed by atoms with Crippen molar-refractivity contribution in [1.29, 1.82) is 0 Å². The molecule has 0 N–H and O–H groups in total. The molecule has 1 rings (SSSR count). The number of rotatable bonds is 7. The van der Waals surface area contributed by atoms with Crippen LogP contribution in [0.5, 0.6) is 0 Å². The first-order valence-electron chi connectivity index (χ1n) is 5.96. The van der Waals surface area contributed by atoms with E-state index in [0.717, 1.165) is 11.3 Å². The van der Waals surface area contributed by atoms with Crippen LogP contribution in [0, 0.1) is 6.92 Å². The van der Waals surface area contributed by atoms with Gasteiger partial charge in [-0.05, 0) is 6.92 Å². The summed E-state index contributed by atoms with van der Waals surface area (Å²) in [6, 6.07) is 0. The van der Waals surface area contributed by atoms with Crippen molar-refractivity contribution in [2.45, 2.75) is 6.92 Å². The summed E-state index contributed by atoms with van der Waals surface area (Å²) in [5, 5.41) is 0. The molecule has 0 aliphatic carbocycles. The van der Waals surface area contributed by atoms with Gasteiger partial charge in [0.05, 0.1) is 13.2 Å². The molecule has 0 aromatic carbocycles. The van der Waals surface area contributed by atoms with Gasteiger partial charge in [-0.3, -0.25) is 9.59 Å². The van der Waals surface area contributed by atoms with E-state index in [0.29, 0.717) is 36.9 Å². The van der Waals surface area contributed by atoms with Crippen molar-refractivity contribution >= 4 is 17.2 Å². The normalized spacial score (nSPS) is 10.7. The number of carbonyl (C=O) groups excluding carboxylic acids is 1. The molecule has 0 atom stereocenters. The molecule has 0 radical (unpaired) electrons. The maximum atomic E-state index is 12.4. The summed E-state index contributed by atoms with van der Waals surface area (Å²) in [4.78, 5) is 26.0. The molecule has 0 aliphatic heterocycles. The Morgan fingerprint density at radius 3 is 2.16 bits per heavy atom. The van der Waals surface area contributed by atoms with E-state index in [2.05, 4.69) is 0 Å². The van der Waals surface area contributed by atoms with Crippen LogP contribution >= 0.6 is 11.3 Å². The number of thiazole rings is 1. The fourth-order valence-electron chi connectivity index (χ4n) is 1.58. The van der Waals surface area contributed by atoms with Crippen molar-refractivity contribution in [3.05, 3.63) is 20.2 Å². The summed E-state index contributed by atoms with van der Waals surface area (Å²) in [5.74, 6) is -0.144. The quantitative estimate of drug-likeness (QED) is 0.732. The lowest BCUT2D eigenvalue weighted by Gasteiger charge is -2.21. The highest BCUT2D eigenvalue weighted by Crippen LogP contribution is 2.13. The first kappa shape index (κ1) is 15.9. The van der Waals surface area contributed by atoms with Crippen LogP contribution in [-0.2, 0) is 16.5 Å². The molecule has 6 nitrogen and oxygen atoms in total. The molecule has 19 heavy (non-hydrogen) atoms. The molecule has 0 bridgehead atoms. The number of hydrogen-bond donors (Lipinski definition) is 0. The molecule has 0 saturated heterocycles. The number of nitrogens with zero attached hydrogens (tertiary/aromatic N) is 2.